The van der Waals surface area contributed by atoms with Gasteiger partial charge in [0.1, 0.15) is 18.0 Å². The predicted octanol–water partition coefficient (Wildman–Crippen LogP) is 1.50. The van der Waals surface area contributed by atoms with Crippen molar-refractivity contribution in [2.75, 3.05) is 33.4 Å². The summed E-state index contributed by atoms with van der Waals surface area (Å²) in [7, 11) is 1.68. The normalized spacial score (nSPS) is 29.7. The molecule has 1 aliphatic carbocycles. The number of allylic oxidation sites excluding steroid dienone is 3. The summed E-state index contributed by atoms with van der Waals surface area (Å²) in [5, 5.41) is 44.8. The number of aliphatic hydroxyl groups is 4. The minimum Gasteiger partial charge on any atom is -0.497 e. The monoisotopic (exact) mass is 549 g/mol. The van der Waals surface area contributed by atoms with Crippen LogP contribution in [0.25, 0.3) is 10.9 Å². The molecule has 1 aromatic carbocycles. The summed E-state index contributed by atoms with van der Waals surface area (Å²) >= 11 is 3.75. The molecule has 35 heavy (non-hydrogen) atoms. The molecule has 1 aromatic heterocycles. The minimum absolute atomic E-state index is 0.138. The second-order valence-corrected chi connectivity index (χ2v) is 11.5. The standard InChI is InChI=1S/C26H36BrN3O5/c1-26(27)12-18(11-19(13-26)35-2)28-8-10-30-14-17(20-5-3-4-6-21(20)30)7-9-29-15-23(32)25(34)24(33)22(29)16-31/h3-6,11,13-14,22-25,28,31-34H,7-10,12,15-16H2,1-2H3/t22-,23+,24-,25-,26-/m1/s1. The van der Waals surface area contributed by atoms with E-state index in [-0.39, 0.29) is 17.5 Å². The van der Waals surface area contributed by atoms with Crippen molar-refractivity contribution in [1.29, 1.82) is 0 Å². The molecule has 0 radical (unpaired) electrons. The van der Waals surface area contributed by atoms with E-state index in [2.05, 4.69) is 57.1 Å². The van der Waals surface area contributed by atoms with Crippen LogP contribution in [0.1, 0.15) is 18.9 Å². The van der Waals surface area contributed by atoms with Crippen LogP contribution in [0.15, 0.2) is 54.1 Å². The van der Waals surface area contributed by atoms with Crippen molar-refractivity contribution in [3.8, 4) is 0 Å². The second kappa shape index (κ2) is 11.0. The average Bonchev–Trinajstić information content (AvgIpc) is 3.18. The number of benzene rings is 1. The van der Waals surface area contributed by atoms with Gasteiger partial charge in [0.25, 0.3) is 0 Å². The molecule has 192 valence electrons. The summed E-state index contributed by atoms with van der Waals surface area (Å²) in [6.07, 6.45) is 4.37. The molecular weight excluding hydrogens is 514 g/mol. The quantitative estimate of drug-likeness (QED) is 0.301. The topological polar surface area (TPSA) is 110 Å². The fourth-order valence-electron chi connectivity index (χ4n) is 5.16. The molecule has 1 fully saturated rings. The first-order chi connectivity index (χ1) is 16.7. The Morgan fingerprint density at radius 1 is 1.17 bits per heavy atom. The molecule has 8 nitrogen and oxygen atoms in total. The number of halogens is 1. The molecule has 2 aliphatic rings. The van der Waals surface area contributed by atoms with Crippen LogP contribution < -0.4 is 5.32 Å². The van der Waals surface area contributed by atoms with Crippen LogP contribution in [0.3, 0.4) is 0 Å². The molecule has 9 heteroatoms. The number of ether oxygens (including phenoxy) is 1. The van der Waals surface area contributed by atoms with Gasteiger partial charge >= 0.3 is 0 Å². The minimum atomic E-state index is -1.24. The zero-order valence-electron chi connectivity index (χ0n) is 20.3. The number of para-hydroxylation sites is 1. The number of nitrogens with one attached hydrogen (secondary N) is 1. The molecule has 0 saturated carbocycles. The Balaban J connectivity index is 1.43. The Bertz CT molecular complexity index is 1080. The lowest BCUT2D eigenvalue weighted by molar-refractivity contribution is -0.144. The molecule has 2 heterocycles. The van der Waals surface area contributed by atoms with Crippen LogP contribution in [-0.4, -0.2) is 91.9 Å². The largest absolute Gasteiger partial charge is 0.497 e. The number of likely N-dealkylation sites (tertiary alicyclic amines) is 1. The maximum absolute atomic E-state index is 10.3. The van der Waals surface area contributed by atoms with E-state index in [0.29, 0.717) is 13.0 Å². The van der Waals surface area contributed by atoms with Crippen molar-refractivity contribution in [1.82, 2.24) is 14.8 Å². The van der Waals surface area contributed by atoms with Crippen molar-refractivity contribution in [2.24, 2.45) is 0 Å². The zero-order valence-corrected chi connectivity index (χ0v) is 21.9. The third-order valence-corrected chi connectivity index (χ3v) is 7.50. The summed E-state index contributed by atoms with van der Waals surface area (Å²) in [6, 6.07) is 7.68. The highest BCUT2D eigenvalue weighted by Crippen LogP contribution is 2.32. The van der Waals surface area contributed by atoms with Crippen LogP contribution in [0, 0.1) is 0 Å². The number of nitrogens with zero attached hydrogens (tertiary/aromatic N) is 2. The fourth-order valence-corrected chi connectivity index (χ4v) is 5.69. The van der Waals surface area contributed by atoms with E-state index in [1.54, 1.807) is 7.11 Å². The van der Waals surface area contributed by atoms with E-state index in [1.165, 1.54) is 10.9 Å². The summed E-state index contributed by atoms with van der Waals surface area (Å²) in [6.45, 7) is 4.16. The van der Waals surface area contributed by atoms with E-state index < -0.39 is 24.4 Å². The van der Waals surface area contributed by atoms with Gasteiger partial charge in [-0.2, -0.15) is 0 Å². The highest BCUT2D eigenvalue weighted by atomic mass is 79.9. The number of hydrogen-bond acceptors (Lipinski definition) is 7. The number of fused-ring (bicyclic) bond motifs is 1. The summed E-state index contributed by atoms with van der Waals surface area (Å²) in [5.74, 6) is 0.841. The van der Waals surface area contributed by atoms with Crippen molar-refractivity contribution >= 4 is 26.8 Å². The first kappa shape index (κ1) is 26.2. The Hall–Kier alpha value is -1.88. The number of aliphatic hydroxyl groups excluding tert-OH is 4. The Labute approximate surface area is 214 Å². The molecule has 1 aliphatic heterocycles. The van der Waals surface area contributed by atoms with Gasteiger partial charge in [0.15, 0.2) is 0 Å². The van der Waals surface area contributed by atoms with Crippen LogP contribution in [-0.2, 0) is 17.7 Å². The summed E-state index contributed by atoms with van der Waals surface area (Å²) in [4.78, 5) is 1.86. The molecule has 2 aromatic rings. The van der Waals surface area contributed by atoms with Crippen LogP contribution in [0.4, 0.5) is 0 Å². The number of rotatable bonds is 9. The van der Waals surface area contributed by atoms with Gasteiger partial charge in [0.2, 0.25) is 0 Å². The van der Waals surface area contributed by atoms with Crippen LogP contribution in [0.2, 0.25) is 0 Å². The highest BCUT2D eigenvalue weighted by molar-refractivity contribution is 9.10. The van der Waals surface area contributed by atoms with Crippen LogP contribution >= 0.6 is 15.9 Å². The maximum Gasteiger partial charge on any atom is 0.118 e. The molecule has 4 rings (SSSR count). The molecule has 0 bridgehead atoms. The lowest BCUT2D eigenvalue weighted by Crippen LogP contribution is -2.62. The highest BCUT2D eigenvalue weighted by Gasteiger charge is 2.40. The van der Waals surface area contributed by atoms with Gasteiger partial charge in [-0.25, -0.2) is 0 Å². The maximum atomic E-state index is 10.3. The van der Waals surface area contributed by atoms with E-state index in [0.717, 1.165) is 36.5 Å². The Morgan fingerprint density at radius 2 is 1.94 bits per heavy atom. The van der Waals surface area contributed by atoms with Crippen LogP contribution in [0.5, 0.6) is 0 Å². The molecule has 0 amide bonds. The molecular formula is C26H36BrN3O5. The number of β-amino-alcohol motifs (C(OH)–C–C–N with tert-alkyl or cyclic N) is 1. The van der Waals surface area contributed by atoms with Crippen molar-refractivity contribution < 1.29 is 25.2 Å². The average molecular weight is 550 g/mol. The second-order valence-electron chi connectivity index (χ2n) is 9.71. The molecule has 5 N–H and O–H groups in total. The number of aromatic nitrogens is 1. The Morgan fingerprint density at radius 3 is 2.69 bits per heavy atom. The van der Waals surface area contributed by atoms with Gasteiger partial charge in [-0.3, -0.25) is 4.90 Å². The third-order valence-electron chi connectivity index (χ3n) is 6.99. The van der Waals surface area contributed by atoms with Gasteiger partial charge in [0.05, 0.1) is 30.2 Å². The lowest BCUT2D eigenvalue weighted by atomic mass is 9.94. The third kappa shape index (κ3) is 5.93. The number of alkyl halides is 1. The van der Waals surface area contributed by atoms with Crippen molar-refractivity contribution in [3.05, 3.63) is 59.6 Å². The van der Waals surface area contributed by atoms with E-state index in [4.69, 9.17) is 4.74 Å². The molecule has 1 saturated heterocycles. The first-order valence-electron chi connectivity index (χ1n) is 12.1. The van der Waals surface area contributed by atoms with Gasteiger partial charge in [-0.05, 0) is 37.1 Å². The fraction of sp³-hybridized carbons (Fsp3) is 0.538. The Kier molecular flexibility index (Phi) is 8.25. The molecule has 0 spiro atoms. The zero-order chi connectivity index (χ0) is 25.2. The van der Waals surface area contributed by atoms with Gasteiger partial charge in [-0.15, -0.1) is 0 Å². The van der Waals surface area contributed by atoms with Gasteiger partial charge < -0.3 is 35.0 Å². The number of piperidine rings is 1. The number of methoxy groups -OCH3 is 1. The van der Waals surface area contributed by atoms with E-state index in [1.807, 2.05) is 23.1 Å². The summed E-state index contributed by atoms with van der Waals surface area (Å²) in [5.41, 5.74) is 3.44. The van der Waals surface area contributed by atoms with Gasteiger partial charge in [0, 0.05) is 55.4 Å². The number of hydrogen-bond donors (Lipinski definition) is 5. The lowest BCUT2D eigenvalue weighted by Gasteiger charge is -2.43. The van der Waals surface area contributed by atoms with Gasteiger partial charge in [-0.1, -0.05) is 34.1 Å². The van der Waals surface area contributed by atoms with E-state index in [9.17, 15) is 20.4 Å². The predicted molar refractivity (Wildman–Crippen MR) is 139 cm³/mol. The molecule has 0 unspecified atom stereocenters. The summed E-state index contributed by atoms with van der Waals surface area (Å²) < 4.78 is 7.55. The smallest absolute Gasteiger partial charge is 0.118 e. The van der Waals surface area contributed by atoms with Crippen molar-refractivity contribution in [3.63, 3.8) is 0 Å². The first-order valence-corrected chi connectivity index (χ1v) is 12.9. The molecule has 5 atom stereocenters. The van der Waals surface area contributed by atoms with E-state index >= 15 is 0 Å². The SMILES string of the molecule is COC1=C[C@](C)(Br)CC(NCCn2cc(CCN3C[C@H](O)[C@@H](O)[C@H](O)[C@H]3CO)c3ccccc32)=C1. The van der Waals surface area contributed by atoms with Crippen molar-refractivity contribution in [2.45, 2.75) is 55.0 Å².